The van der Waals surface area contributed by atoms with Gasteiger partial charge in [-0.25, -0.2) is 0 Å². The molecule has 7 heteroatoms. The van der Waals surface area contributed by atoms with Crippen LogP contribution >= 0.6 is 0 Å². The average Bonchev–Trinajstić information content (AvgIpc) is 3.14. The monoisotopic (exact) mass is 359 g/mol. The lowest BCUT2D eigenvalue weighted by Gasteiger charge is -2.17. The maximum absolute atomic E-state index is 12.8. The molecule has 7 nitrogen and oxygen atoms in total. The van der Waals surface area contributed by atoms with Crippen LogP contribution in [0.25, 0.3) is 0 Å². The number of rotatable bonds is 6. The number of hydrogen-bond acceptors (Lipinski definition) is 6. The molecule has 0 aromatic heterocycles. The van der Waals surface area contributed by atoms with Gasteiger partial charge in [-0.3, -0.25) is 4.79 Å². The van der Waals surface area contributed by atoms with E-state index in [1.54, 1.807) is 12.1 Å². The van der Waals surface area contributed by atoms with Crippen molar-refractivity contribution in [2.24, 2.45) is 0 Å². The highest BCUT2D eigenvalue weighted by Gasteiger charge is 2.21. The second kappa shape index (κ2) is 7.43. The fourth-order valence-electron chi connectivity index (χ4n) is 2.75. The van der Waals surface area contributed by atoms with Crippen molar-refractivity contribution in [3.8, 4) is 28.7 Å². The van der Waals surface area contributed by atoms with Crippen molar-refractivity contribution in [3.63, 3.8) is 0 Å². The summed E-state index contributed by atoms with van der Waals surface area (Å²) in [6.07, 6.45) is 0. The van der Waals surface area contributed by atoms with Gasteiger partial charge in [0.15, 0.2) is 23.0 Å². The first-order valence-electron chi connectivity index (χ1n) is 8.07. The van der Waals surface area contributed by atoms with Crippen molar-refractivity contribution in [2.75, 3.05) is 28.1 Å². The number of carbonyl (C=O) groups is 1. The summed E-state index contributed by atoms with van der Waals surface area (Å²) in [5, 5.41) is 2.96. The number of carbonyl (C=O) groups excluding carboxylic acids is 1. The Labute approximate surface area is 151 Å². The van der Waals surface area contributed by atoms with Crippen molar-refractivity contribution in [1.82, 2.24) is 5.32 Å². The Morgan fingerprint density at radius 1 is 0.962 bits per heavy atom. The van der Waals surface area contributed by atoms with Gasteiger partial charge in [0.1, 0.15) is 5.75 Å². The third-order valence-electron chi connectivity index (χ3n) is 4.19. The summed E-state index contributed by atoms with van der Waals surface area (Å²) in [5.74, 6) is 2.44. The van der Waals surface area contributed by atoms with E-state index in [2.05, 4.69) is 5.32 Å². The molecule has 0 spiro atoms. The van der Waals surface area contributed by atoms with Crippen molar-refractivity contribution in [2.45, 2.75) is 13.0 Å². The highest BCUT2D eigenvalue weighted by molar-refractivity contribution is 5.98. The second-order valence-electron chi connectivity index (χ2n) is 5.72. The Hall–Kier alpha value is -3.09. The number of benzene rings is 2. The fraction of sp³-hybridized carbons (Fsp3) is 0.316. The summed E-state index contributed by atoms with van der Waals surface area (Å²) in [7, 11) is 4.54. The van der Waals surface area contributed by atoms with Crippen LogP contribution in [0.15, 0.2) is 30.3 Å². The molecule has 26 heavy (non-hydrogen) atoms. The Morgan fingerprint density at radius 2 is 1.62 bits per heavy atom. The SMILES string of the molecule is COc1cc(OC)c(C(=O)N[C@H](C)c2ccc3c(c2)OCO3)cc1OC. The lowest BCUT2D eigenvalue weighted by molar-refractivity contribution is 0.0936. The minimum Gasteiger partial charge on any atom is -0.496 e. The van der Waals surface area contributed by atoms with Crippen molar-refractivity contribution < 1.29 is 28.5 Å². The van der Waals surface area contributed by atoms with Crippen LogP contribution in [0.1, 0.15) is 28.9 Å². The van der Waals surface area contributed by atoms with Gasteiger partial charge in [0.2, 0.25) is 6.79 Å². The Balaban J connectivity index is 1.83. The highest BCUT2D eigenvalue weighted by atomic mass is 16.7. The van der Waals surface area contributed by atoms with E-state index in [0.29, 0.717) is 34.3 Å². The van der Waals surface area contributed by atoms with Crippen LogP contribution in [0, 0.1) is 0 Å². The zero-order valence-electron chi connectivity index (χ0n) is 15.1. The van der Waals surface area contributed by atoms with E-state index in [-0.39, 0.29) is 18.7 Å². The molecule has 0 fully saturated rings. The van der Waals surface area contributed by atoms with E-state index < -0.39 is 0 Å². The number of nitrogens with one attached hydrogen (secondary N) is 1. The Kier molecular flexibility index (Phi) is 5.06. The molecule has 1 aliphatic heterocycles. The standard InChI is InChI=1S/C19H21NO6/c1-11(12-5-6-14-18(7-12)26-10-25-14)20-19(21)13-8-16(23-3)17(24-4)9-15(13)22-2/h5-9,11H,10H2,1-4H3,(H,20,21)/t11-/m1/s1. The highest BCUT2D eigenvalue weighted by Crippen LogP contribution is 2.36. The number of amides is 1. The minimum absolute atomic E-state index is 0.211. The van der Waals surface area contributed by atoms with Crippen molar-refractivity contribution in [1.29, 1.82) is 0 Å². The third kappa shape index (κ3) is 3.33. The normalized spacial score (nSPS) is 13.1. The quantitative estimate of drug-likeness (QED) is 0.855. The van der Waals surface area contributed by atoms with Gasteiger partial charge < -0.3 is 29.0 Å². The summed E-state index contributed by atoms with van der Waals surface area (Å²) in [6, 6.07) is 8.56. The van der Waals surface area contributed by atoms with Crippen LogP contribution in [0.4, 0.5) is 0 Å². The first-order chi connectivity index (χ1) is 12.6. The first-order valence-corrected chi connectivity index (χ1v) is 8.07. The number of fused-ring (bicyclic) bond motifs is 1. The summed E-state index contributed by atoms with van der Waals surface area (Å²) in [4.78, 5) is 12.8. The molecule has 0 unspecified atom stereocenters. The summed E-state index contributed by atoms with van der Waals surface area (Å²) >= 11 is 0. The van der Waals surface area contributed by atoms with Gasteiger partial charge in [-0.2, -0.15) is 0 Å². The molecule has 1 aliphatic rings. The zero-order chi connectivity index (χ0) is 18.7. The lowest BCUT2D eigenvalue weighted by Crippen LogP contribution is -2.27. The maximum atomic E-state index is 12.8. The molecule has 1 heterocycles. The fourth-order valence-corrected chi connectivity index (χ4v) is 2.75. The molecule has 2 aromatic carbocycles. The van der Waals surface area contributed by atoms with E-state index in [9.17, 15) is 4.79 Å². The van der Waals surface area contributed by atoms with Gasteiger partial charge in [0.25, 0.3) is 5.91 Å². The molecule has 0 saturated carbocycles. The van der Waals surface area contributed by atoms with Gasteiger partial charge in [0, 0.05) is 12.1 Å². The van der Waals surface area contributed by atoms with E-state index in [4.69, 9.17) is 23.7 Å². The summed E-state index contributed by atoms with van der Waals surface area (Å²) in [6.45, 7) is 2.10. The van der Waals surface area contributed by atoms with Crippen LogP contribution in [-0.4, -0.2) is 34.0 Å². The predicted molar refractivity (Wildman–Crippen MR) is 94.5 cm³/mol. The van der Waals surface area contributed by atoms with Gasteiger partial charge in [-0.15, -0.1) is 0 Å². The first kappa shape index (κ1) is 17.7. The number of methoxy groups -OCH3 is 3. The maximum Gasteiger partial charge on any atom is 0.255 e. The molecular weight excluding hydrogens is 338 g/mol. The molecule has 3 rings (SSSR count). The van der Waals surface area contributed by atoms with Crippen LogP contribution in [-0.2, 0) is 0 Å². The minimum atomic E-state index is -0.284. The smallest absolute Gasteiger partial charge is 0.255 e. The van der Waals surface area contributed by atoms with Crippen LogP contribution in [0.3, 0.4) is 0 Å². The zero-order valence-corrected chi connectivity index (χ0v) is 15.1. The summed E-state index contributed by atoms with van der Waals surface area (Å²) < 4.78 is 26.5. The molecule has 0 aliphatic carbocycles. The molecule has 1 atom stereocenters. The molecule has 0 radical (unpaired) electrons. The van der Waals surface area contributed by atoms with Crippen LogP contribution < -0.4 is 29.0 Å². The Bertz CT molecular complexity index is 820. The average molecular weight is 359 g/mol. The molecule has 2 aromatic rings. The number of hydrogen-bond donors (Lipinski definition) is 1. The predicted octanol–water partition coefficient (Wildman–Crippen LogP) is 2.93. The number of ether oxygens (including phenoxy) is 5. The van der Waals surface area contributed by atoms with E-state index in [1.807, 2.05) is 25.1 Å². The van der Waals surface area contributed by atoms with Crippen molar-refractivity contribution in [3.05, 3.63) is 41.5 Å². The third-order valence-corrected chi connectivity index (χ3v) is 4.19. The van der Waals surface area contributed by atoms with Gasteiger partial charge in [-0.1, -0.05) is 6.07 Å². The topological polar surface area (TPSA) is 75.3 Å². The molecule has 1 N–H and O–H groups in total. The largest absolute Gasteiger partial charge is 0.496 e. The Morgan fingerprint density at radius 3 is 2.31 bits per heavy atom. The molecule has 1 amide bonds. The molecular formula is C19H21NO6. The second-order valence-corrected chi connectivity index (χ2v) is 5.72. The van der Waals surface area contributed by atoms with E-state index in [0.717, 1.165) is 5.56 Å². The summed E-state index contributed by atoms with van der Waals surface area (Å²) in [5.41, 5.74) is 1.26. The lowest BCUT2D eigenvalue weighted by atomic mass is 10.1. The molecule has 0 saturated heterocycles. The molecule has 0 bridgehead atoms. The van der Waals surface area contributed by atoms with E-state index in [1.165, 1.54) is 21.3 Å². The van der Waals surface area contributed by atoms with Crippen LogP contribution in [0.2, 0.25) is 0 Å². The van der Waals surface area contributed by atoms with E-state index >= 15 is 0 Å². The van der Waals surface area contributed by atoms with Gasteiger partial charge >= 0.3 is 0 Å². The van der Waals surface area contributed by atoms with Gasteiger partial charge in [-0.05, 0) is 24.6 Å². The van der Waals surface area contributed by atoms with Crippen molar-refractivity contribution >= 4 is 5.91 Å². The molecule has 138 valence electrons. The van der Waals surface area contributed by atoms with Gasteiger partial charge in [0.05, 0.1) is 32.9 Å². The van der Waals surface area contributed by atoms with Crippen LogP contribution in [0.5, 0.6) is 28.7 Å².